The van der Waals surface area contributed by atoms with Crippen LogP contribution in [0.15, 0.2) is 42.5 Å². The normalized spacial score (nSPS) is 11.4. The van der Waals surface area contributed by atoms with Gasteiger partial charge in [0.05, 0.1) is 17.3 Å². The fourth-order valence-corrected chi connectivity index (χ4v) is 3.40. The number of anilines is 1. The van der Waals surface area contributed by atoms with Gasteiger partial charge in [-0.3, -0.25) is 5.32 Å². The second-order valence-electron chi connectivity index (χ2n) is 6.53. The summed E-state index contributed by atoms with van der Waals surface area (Å²) in [5, 5.41) is 3.22. The number of fused-ring (bicyclic) bond motifs is 1. The third-order valence-corrected chi connectivity index (χ3v) is 4.42. The number of methoxy groups -OCH3 is 1. The SMILES string of the molecule is COc1cccc(-c2cccc3nc(NC(=O)OC(C)(C)C)sc23)c1. The van der Waals surface area contributed by atoms with Crippen LogP contribution in [-0.4, -0.2) is 23.8 Å². The van der Waals surface area contributed by atoms with Crippen LogP contribution in [0.4, 0.5) is 9.93 Å². The fraction of sp³-hybridized carbons (Fsp3) is 0.263. The minimum atomic E-state index is -0.549. The molecule has 25 heavy (non-hydrogen) atoms. The van der Waals surface area contributed by atoms with Gasteiger partial charge in [-0.05, 0) is 44.5 Å². The molecule has 0 saturated carbocycles. The molecule has 1 aromatic heterocycles. The topological polar surface area (TPSA) is 60.5 Å². The molecular formula is C19H20N2O3S. The highest BCUT2D eigenvalue weighted by molar-refractivity contribution is 7.22. The lowest BCUT2D eigenvalue weighted by atomic mass is 10.1. The summed E-state index contributed by atoms with van der Waals surface area (Å²) >= 11 is 1.42. The monoisotopic (exact) mass is 356 g/mol. The predicted octanol–water partition coefficient (Wildman–Crippen LogP) is 5.32. The summed E-state index contributed by atoms with van der Waals surface area (Å²) in [6.07, 6.45) is -0.505. The molecule has 0 aliphatic rings. The lowest BCUT2D eigenvalue weighted by molar-refractivity contribution is 0.0636. The van der Waals surface area contributed by atoms with Gasteiger partial charge < -0.3 is 9.47 Å². The van der Waals surface area contributed by atoms with Crippen LogP contribution in [-0.2, 0) is 4.74 Å². The van der Waals surface area contributed by atoms with E-state index in [0.29, 0.717) is 5.13 Å². The summed E-state index contributed by atoms with van der Waals surface area (Å²) in [7, 11) is 1.65. The van der Waals surface area contributed by atoms with Gasteiger partial charge in [0.25, 0.3) is 0 Å². The maximum absolute atomic E-state index is 12.0. The average Bonchev–Trinajstić information content (AvgIpc) is 2.95. The second kappa shape index (κ2) is 6.72. The molecule has 130 valence electrons. The summed E-state index contributed by atoms with van der Waals surface area (Å²) in [5.41, 5.74) is 2.37. The van der Waals surface area contributed by atoms with Crippen molar-refractivity contribution >= 4 is 32.8 Å². The molecule has 0 radical (unpaired) electrons. The predicted molar refractivity (Wildman–Crippen MR) is 101 cm³/mol. The van der Waals surface area contributed by atoms with Crippen molar-refractivity contribution in [1.82, 2.24) is 4.98 Å². The number of amides is 1. The highest BCUT2D eigenvalue weighted by atomic mass is 32.1. The Balaban J connectivity index is 1.94. The smallest absolute Gasteiger partial charge is 0.413 e. The standard InChI is InChI=1S/C19H20N2O3S/c1-19(2,3)24-18(22)21-17-20-15-10-6-9-14(16(15)25-17)12-7-5-8-13(11-12)23-4/h5-11H,1-4H3,(H,20,21,22). The zero-order chi connectivity index (χ0) is 18.0. The Bertz CT molecular complexity index is 912. The Labute approximate surface area is 150 Å². The van der Waals surface area contributed by atoms with Gasteiger partial charge in [0.2, 0.25) is 0 Å². The molecule has 0 aliphatic carbocycles. The van der Waals surface area contributed by atoms with Crippen molar-refractivity contribution in [3.05, 3.63) is 42.5 Å². The number of nitrogens with one attached hydrogen (secondary N) is 1. The number of thiazole rings is 1. The molecule has 5 nitrogen and oxygen atoms in total. The zero-order valence-corrected chi connectivity index (χ0v) is 15.4. The molecule has 3 aromatic rings. The molecule has 0 saturated heterocycles. The van der Waals surface area contributed by atoms with Crippen LogP contribution in [0.3, 0.4) is 0 Å². The quantitative estimate of drug-likeness (QED) is 0.690. The van der Waals surface area contributed by atoms with Crippen molar-refractivity contribution in [3.63, 3.8) is 0 Å². The molecule has 0 atom stereocenters. The van der Waals surface area contributed by atoms with Crippen LogP contribution in [0.2, 0.25) is 0 Å². The van der Waals surface area contributed by atoms with Gasteiger partial charge in [-0.15, -0.1) is 0 Å². The first-order valence-electron chi connectivity index (χ1n) is 7.90. The molecule has 1 amide bonds. The Morgan fingerprint density at radius 2 is 1.92 bits per heavy atom. The maximum Gasteiger partial charge on any atom is 0.413 e. The summed E-state index contributed by atoms with van der Waals surface area (Å²) in [6, 6.07) is 13.8. The number of ether oxygens (including phenoxy) is 2. The number of rotatable bonds is 3. The summed E-state index contributed by atoms with van der Waals surface area (Å²) in [6.45, 7) is 5.48. The molecule has 2 aromatic carbocycles. The van der Waals surface area contributed by atoms with Crippen molar-refractivity contribution in [2.75, 3.05) is 12.4 Å². The molecule has 0 spiro atoms. The molecule has 1 N–H and O–H groups in total. The van der Waals surface area contributed by atoms with E-state index in [1.165, 1.54) is 11.3 Å². The molecule has 3 rings (SSSR count). The Morgan fingerprint density at radius 3 is 2.64 bits per heavy atom. The van der Waals surface area contributed by atoms with E-state index in [9.17, 15) is 4.79 Å². The van der Waals surface area contributed by atoms with Gasteiger partial charge in [-0.25, -0.2) is 9.78 Å². The third-order valence-electron chi connectivity index (χ3n) is 3.40. The number of nitrogens with zero attached hydrogens (tertiary/aromatic N) is 1. The number of hydrogen-bond acceptors (Lipinski definition) is 5. The molecule has 1 heterocycles. The third kappa shape index (κ3) is 4.09. The Hall–Kier alpha value is -2.60. The van der Waals surface area contributed by atoms with Gasteiger partial charge in [-0.1, -0.05) is 35.6 Å². The van der Waals surface area contributed by atoms with E-state index in [-0.39, 0.29) is 0 Å². The van der Waals surface area contributed by atoms with E-state index < -0.39 is 11.7 Å². The van der Waals surface area contributed by atoms with Gasteiger partial charge in [0.1, 0.15) is 11.4 Å². The largest absolute Gasteiger partial charge is 0.497 e. The minimum absolute atomic E-state index is 0.505. The number of carbonyl (C=O) groups excluding carboxylic acids is 1. The molecule has 0 unspecified atom stereocenters. The van der Waals surface area contributed by atoms with Gasteiger partial charge >= 0.3 is 6.09 Å². The van der Waals surface area contributed by atoms with E-state index in [4.69, 9.17) is 9.47 Å². The summed E-state index contributed by atoms with van der Waals surface area (Å²) in [5.74, 6) is 0.797. The maximum atomic E-state index is 12.0. The zero-order valence-electron chi connectivity index (χ0n) is 14.6. The second-order valence-corrected chi connectivity index (χ2v) is 7.53. The number of hydrogen-bond donors (Lipinski definition) is 1. The van der Waals surface area contributed by atoms with Crippen LogP contribution in [0.1, 0.15) is 20.8 Å². The van der Waals surface area contributed by atoms with Crippen molar-refractivity contribution in [1.29, 1.82) is 0 Å². The van der Waals surface area contributed by atoms with Gasteiger partial charge in [0, 0.05) is 5.56 Å². The highest BCUT2D eigenvalue weighted by Gasteiger charge is 2.18. The van der Waals surface area contributed by atoms with Crippen LogP contribution >= 0.6 is 11.3 Å². The lowest BCUT2D eigenvalue weighted by Gasteiger charge is -2.18. The highest BCUT2D eigenvalue weighted by Crippen LogP contribution is 2.36. The first-order chi connectivity index (χ1) is 11.9. The Kier molecular flexibility index (Phi) is 4.63. The minimum Gasteiger partial charge on any atom is -0.497 e. The van der Waals surface area contributed by atoms with Crippen molar-refractivity contribution in [3.8, 4) is 16.9 Å². The van der Waals surface area contributed by atoms with E-state index in [0.717, 1.165) is 27.1 Å². The number of aromatic nitrogens is 1. The van der Waals surface area contributed by atoms with Gasteiger partial charge in [0.15, 0.2) is 5.13 Å². The average molecular weight is 356 g/mol. The molecule has 6 heteroatoms. The van der Waals surface area contributed by atoms with Crippen LogP contribution < -0.4 is 10.1 Å². The first kappa shape index (κ1) is 17.2. The van der Waals surface area contributed by atoms with Gasteiger partial charge in [-0.2, -0.15) is 0 Å². The van der Waals surface area contributed by atoms with E-state index in [1.54, 1.807) is 7.11 Å². The van der Waals surface area contributed by atoms with Crippen LogP contribution in [0.25, 0.3) is 21.3 Å². The summed E-state index contributed by atoms with van der Waals surface area (Å²) < 4.78 is 11.6. The Morgan fingerprint density at radius 1 is 1.16 bits per heavy atom. The van der Waals surface area contributed by atoms with E-state index in [1.807, 2.05) is 63.2 Å². The van der Waals surface area contributed by atoms with Crippen LogP contribution in [0.5, 0.6) is 5.75 Å². The van der Waals surface area contributed by atoms with Crippen molar-refractivity contribution < 1.29 is 14.3 Å². The first-order valence-corrected chi connectivity index (χ1v) is 8.71. The van der Waals surface area contributed by atoms with E-state index >= 15 is 0 Å². The van der Waals surface area contributed by atoms with Crippen molar-refractivity contribution in [2.45, 2.75) is 26.4 Å². The number of benzene rings is 2. The molecule has 0 bridgehead atoms. The lowest BCUT2D eigenvalue weighted by Crippen LogP contribution is -2.27. The fourth-order valence-electron chi connectivity index (χ4n) is 2.41. The molecule has 0 fully saturated rings. The van der Waals surface area contributed by atoms with Crippen LogP contribution in [0, 0.1) is 0 Å². The summed E-state index contributed by atoms with van der Waals surface area (Å²) in [4.78, 5) is 16.4. The molecular weight excluding hydrogens is 336 g/mol. The van der Waals surface area contributed by atoms with E-state index in [2.05, 4.69) is 10.3 Å². The molecule has 0 aliphatic heterocycles. The van der Waals surface area contributed by atoms with Crippen molar-refractivity contribution in [2.24, 2.45) is 0 Å². The number of carbonyl (C=O) groups is 1.